The quantitative estimate of drug-likeness (QED) is 0.191. The highest BCUT2D eigenvalue weighted by Crippen LogP contribution is 2.44. The Kier molecular flexibility index (Phi) is 8.89. The molecule has 37 heavy (non-hydrogen) atoms. The predicted octanol–water partition coefficient (Wildman–Crippen LogP) is -1.03. The smallest absolute Gasteiger partial charge is 0.337 e. The first-order valence-electron chi connectivity index (χ1n) is 12.6. The van der Waals surface area contributed by atoms with Gasteiger partial charge in [-0.2, -0.15) is 0 Å². The van der Waals surface area contributed by atoms with E-state index < -0.39 is 67.5 Å². The summed E-state index contributed by atoms with van der Waals surface area (Å²) in [6.07, 6.45) is -5.26. The van der Waals surface area contributed by atoms with Crippen LogP contribution in [0.4, 0.5) is 0 Å². The van der Waals surface area contributed by atoms with Crippen molar-refractivity contribution in [2.45, 2.75) is 69.3 Å². The molecule has 3 heterocycles. The van der Waals surface area contributed by atoms with Crippen LogP contribution in [0.25, 0.3) is 0 Å². The van der Waals surface area contributed by atoms with E-state index in [2.05, 4.69) is 6.58 Å². The summed E-state index contributed by atoms with van der Waals surface area (Å²) in [6, 6.07) is 0. The molecule has 4 rings (SSSR count). The molecule has 0 radical (unpaired) electrons. The van der Waals surface area contributed by atoms with Crippen molar-refractivity contribution in [2.24, 2.45) is 29.6 Å². The van der Waals surface area contributed by atoms with E-state index in [9.17, 15) is 35.1 Å². The molecular formula is C25H36O12. The summed E-state index contributed by atoms with van der Waals surface area (Å²) in [7, 11) is 0. The first-order chi connectivity index (χ1) is 17.7. The molecule has 5 N–H and O–H groups in total. The summed E-state index contributed by atoms with van der Waals surface area (Å²) in [5.41, 5.74) is 0.182. The SMILES string of the molecule is C=C[C@@H]1[C@H](O[C@@H]2O[C@H](CO)[C@@H](O)[C@H](O)[C@H]2O)OC=C(C(=O)O[C@H]2C[C@@H]3CC(=O)OC[C@@H]3[C@H]2C)[C@H]1CCO. The summed E-state index contributed by atoms with van der Waals surface area (Å²) in [5, 5.41) is 49.5. The van der Waals surface area contributed by atoms with Gasteiger partial charge in [-0.3, -0.25) is 4.79 Å². The molecule has 0 amide bonds. The maximum Gasteiger partial charge on any atom is 0.337 e. The molecule has 0 aromatic heterocycles. The minimum absolute atomic E-state index is 0.000852. The van der Waals surface area contributed by atoms with E-state index in [0.717, 1.165) is 0 Å². The lowest BCUT2D eigenvalue weighted by molar-refractivity contribution is -0.339. The number of aliphatic hydroxyl groups is 5. The lowest BCUT2D eigenvalue weighted by atomic mass is 9.81. The first kappa shape index (κ1) is 28.0. The van der Waals surface area contributed by atoms with Gasteiger partial charge in [0.25, 0.3) is 0 Å². The predicted molar refractivity (Wildman–Crippen MR) is 123 cm³/mol. The first-order valence-corrected chi connectivity index (χ1v) is 12.6. The van der Waals surface area contributed by atoms with Gasteiger partial charge in [0.1, 0.15) is 30.5 Å². The molecule has 12 atom stereocenters. The number of hydrogen-bond acceptors (Lipinski definition) is 12. The third-order valence-electron chi connectivity index (χ3n) is 8.10. The molecule has 1 aliphatic carbocycles. The van der Waals surface area contributed by atoms with Crippen molar-refractivity contribution in [3.8, 4) is 0 Å². The van der Waals surface area contributed by atoms with Gasteiger partial charge in [-0.15, -0.1) is 6.58 Å². The highest BCUT2D eigenvalue weighted by Gasteiger charge is 2.49. The topological polar surface area (TPSA) is 181 Å². The zero-order chi connectivity index (χ0) is 26.9. The monoisotopic (exact) mass is 528 g/mol. The molecule has 2 saturated heterocycles. The number of ether oxygens (including phenoxy) is 5. The molecule has 0 aromatic rings. The van der Waals surface area contributed by atoms with Crippen LogP contribution in [-0.4, -0.2) is 100 Å². The Morgan fingerprint density at radius 3 is 2.62 bits per heavy atom. The average Bonchev–Trinajstić information content (AvgIpc) is 3.18. The number of cyclic esters (lactones) is 1. The molecule has 0 aromatic carbocycles. The van der Waals surface area contributed by atoms with Crippen molar-refractivity contribution in [1.29, 1.82) is 0 Å². The standard InChI is InChI=1S/C25H36O12/c1-3-13-14(4-5-26)16(23(32)35-17-6-12-7-19(28)33-9-15(12)11(17)2)10-34-24(13)37-25-22(31)21(30)20(29)18(8-27)36-25/h3,10-15,17-18,20-22,24-27,29-31H,1,4-9H2,2H3/t11-,12-,13+,14+,15-,17+,18-,20-,21+,22-,24+,25+/m1/s1. The van der Waals surface area contributed by atoms with E-state index in [1.54, 1.807) is 0 Å². The number of esters is 2. The average molecular weight is 529 g/mol. The lowest BCUT2D eigenvalue weighted by Crippen LogP contribution is -2.60. The Morgan fingerprint density at radius 1 is 1.19 bits per heavy atom. The minimum atomic E-state index is -1.64. The van der Waals surface area contributed by atoms with Crippen LogP contribution in [0.3, 0.4) is 0 Å². The van der Waals surface area contributed by atoms with Crippen molar-refractivity contribution < 1.29 is 58.8 Å². The second kappa shape index (κ2) is 11.8. The highest BCUT2D eigenvalue weighted by molar-refractivity contribution is 5.89. The van der Waals surface area contributed by atoms with Gasteiger partial charge in [0.2, 0.25) is 6.29 Å². The molecule has 12 heteroatoms. The molecule has 1 saturated carbocycles. The maximum atomic E-state index is 13.2. The van der Waals surface area contributed by atoms with E-state index in [1.807, 2.05) is 6.92 Å². The molecule has 3 aliphatic heterocycles. The van der Waals surface area contributed by atoms with Crippen molar-refractivity contribution in [2.75, 3.05) is 19.8 Å². The molecular weight excluding hydrogens is 492 g/mol. The van der Waals surface area contributed by atoms with E-state index in [4.69, 9.17) is 23.7 Å². The molecule has 12 nitrogen and oxygen atoms in total. The van der Waals surface area contributed by atoms with Gasteiger partial charge in [0.05, 0.1) is 25.0 Å². The van der Waals surface area contributed by atoms with Crippen molar-refractivity contribution in [3.05, 3.63) is 24.5 Å². The summed E-state index contributed by atoms with van der Waals surface area (Å²) < 4.78 is 27.9. The van der Waals surface area contributed by atoms with Gasteiger partial charge in [-0.05, 0) is 24.7 Å². The van der Waals surface area contributed by atoms with Crippen LogP contribution in [-0.2, 0) is 33.3 Å². The van der Waals surface area contributed by atoms with Crippen LogP contribution < -0.4 is 0 Å². The van der Waals surface area contributed by atoms with Crippen LogP contribution >= 0.6 is 0 Å². The summed E-state index contributed by atoms with van der Waals surface area (Å²) >= 11 is 0. The summed E-state index contributed by atoms with van der Waals surface area (Å²) in [6.45, 7) is 5.21. The van der Waals surface area contributed by atoms with Gasteiger partial charge < -0.3 is 49.2 Å². The van der Waals surface area contributed by atoms with E-state index in [0.29, 0.717) is 19.4 Å². The van der Waals surface area contributed by atoms with Crippen LogP contribution in [0.1, 0.15) is 26.2 Å². The largest absolute Gasteiger partial charge is 0.471 e. The fraction of sp³-hybridized carbons (Fsp3) is 0.760. The fourth-order valence-corrected chi connectivity index (χ4v) is 5.85. The number of fused-ring (bicyclic) bond motifs is 1. The van der Waals surface area contributed by atoms with Crippen LogP contribution in [0.2, 0.25) is 0 Å². The van der Waals surface area contributed by atoms with Crippen molar-refractivity contribution in [1.82, 2.24) is 0 Å². The second-order valence-electron chi connectivity index (χ2n) is 10.2. The third kappa shape index (κ3) is 5.56. The number of aliphatic hydroxyl groups excluding tert-OH is 5. The Hall–Kier alpha value is -2.06. The number of hydrogen-bond donors (Lipinski definition) is 5. The number of carbonyl (C=O) groups is 2. The van der Waals surface area contributed by atoms with Gasteiger partial charge in [-0.1, -0.05) is 13.0 Å². The van der Waals surface area contributed by atoms with E-state index in [-0.39, 0.29) is 42.3 Å². The highest BCUT2D eigenvalue weighted by atomic mass is 16.8. The van der Waals surface area contributed by atoms with Crippen molar-refractivity contribution in [3.63, 3.8) is 0 Å². The summed E-state index contributed by atoms with van der Waals surface area (Å²) in [4.78, 5) is 24.9. The van der Waals surface area contributed by atoms with Gasteiger partial charge in [0, 0.05) is 30.8 Å². The molecule has 0 unspecified atom stereocenters. The van der Waals surface area contributed by atoms with Crippen LogP contribution in [0.5, 0.6) is 0 Å². The van der Waals surface area contributed by atoms with Crippen molar-refractivity contribution >= 4 is 11.9 Å². The fourth-order valence-electron chi connectivity index (χ4n) is 5.85. The maximum absolute atomic E-state index is 13.2. The van der Waals surface area contributed by atoms with Gasteiger partial charge in [0.15, 0.2) is 6.29 Å². The Labute approximate surface area is 214 Å². The third-order valence-corrected chi connectivity index (χ3v) is 8.10. The van der Waals surface area contributed by atoms with E-state index in [1.165, 1.54) is 12.3 Å². The van der Waals surface area contributed by atoms with Gasteiger partial charge >= 0.3 is 11.9 Å². The molecule has 4 aliphatic rings. The van der Waals surface area contributed by atoms with Crippen LogP contribution in [0.15, 0.2) is 24.5 Å². The number of carbonyl (C=O) groups excluding carboxylic acids is 2. The van der Waals surface area contributed by atoms with Crippen LogP contribution in [0, 0.1) is 29.6 Å². The number of rotatable bonds is 8. The minimum Gasteiger partial charge on any atom is -0.471 e. The zero-order valence-corrected chi connectivity index (χ0v) is 20.6. The normalized spacial score (nSPS) is 43.7. The Morgan fingerprint density at radius 2 is 1.95 bits per heavy atom. The molecule has 0 spiro atoms. The Balaban J connectivity index is 1.47. The summed E-state index contributed by atoms with van der Waals surface area (Å²) in [5.74, 6) is -1.93. The Bertz CT molecular complexity index is 874. The van der Waals surface area contributed by atoms with E-state index >= 15 is 0 Å². The van der Waals surface area contributed by atoms with Gasteiger partial charge in [-0.25, -0.2) is 4.79 Å². The molecule has 208 valence electrons. The lowest BCUT2D eigenvalue weighted by Gasteiger charge is -2.43. The second-order valence-corrected chi connectivity index (χ2v) is 10.2. The molecule has 0 bridgehead atoms. The zero-order valence-electron chi connectivity index (χ0n) is 20.6. The molecule has 3 fully saturated rings.